The average Bonchev–Trinajstić information content (AvgIpc) is 3.36. The fourth-order valence-corrected chi connectivity index (χ4v) is 3.24. The van der Waals surface area contributed by atoms with Gasteiger partial charge in [-0.15, -0.1) is 0 Å². The molecule has 1 aliphatic heterocycles. The van der Waals surface area contributed by atoms with E-state index < -0.39 is 0 Å². The van der Waals surface area contributed by atoms with E-state index in [1.165, 1.54) is 0 Å². The van der Waals surface area contributed by atoms with Gasteiger partial charge >= 0.3 is 0 Å². The number of hydrogen-bond donors (Lipinski definition) is 0. The van der Waals surface area contributed by atoms with Crippen LogP contribution in [-0.2, 0) is 24.2 Å². The lowest BCUT2D eigenvalue weighted by Crippen LogP contribution is -2.36. The summed E-state index contributed by atoms with van der Waals surface area (Å²) >= 11 is 0. The number of aryl methyl sites for hydroxylation is 1. The number of fused-ring (bicyclic) bond motifs is 1. The normalized spacial score (nSPS) is 13.4. The topological polar surface area (TPSA) is 95.5 Å². The Morgan fingerprint density at radius 1 is 1.31 bits per heavy atom. The van der Waals surface area contributed by atoms with Gasteiger partial charge in [0.25, 0.3) is 5.91 Å². The summed E-state index contributed by atoms with van der Waals surface area (Å²) in [6.07, 6.45) is 4.35. The first-order valence-electron chi connectivity index (χ1n) is 9.47. The molecule has 1 aliphatic rings. The number of rotatable bonds is 7. The summed E-state index contributed by atoms with van der Waals surface area (Å²) in [4.78, 5) is 19.1. The van der Waals surface area contributed by atoms with Crippen LogP contribution in [0.4, 0.5) is 0 Å². The van der Waals surface area contributed by atoms with Crippen LogP contribution in [0.25, 0.3) is 0 Å². The summed E-state index contributed by atoms with van der Waals surface area (Å²) in [7, 11) is 1.63. The lowest BCUT2D eigenvalue weighted by atomic mass is 10.1. The van der Waals surface area contributed by atoms with Gasteiger partial charge in [0.2, 0.25) is 5.88 Å². The molecular weight excluding hydrogens is 374 g/mol. The van der Waals surface area contributed by atoms with Crippen molar-refractivity contribution >= 4 is 5.91 Å². The van der Waals surface area contributed by atoms with Gasteiger partial charge in [0.1, 0.15) is 13.2 Å². The highest BCUT2D eigenvalue weighted by molar-refractivity contribution is 5.92. The lowest BCUT2D eigenvalue weighted by molar-refractivity contribution is 0.0722. The molecule has 9 heteroatoms. The van der Waals surface area contributed by atoms with E-state index in [0.717, 1.165) is 16.8 Å². The molecule has 0 saturated carbocycles. The van der Waals surface area contributed by atoms with Crippen molar-refractivity contribution in [3.05, 3.63) is 58.9 Å². The summed E-state index contributed by atoms with van der Waals surface area (Å²) in [6.45, 7) is 4.44. The Balaban J connectivity index is 1.39. The van der Waals surface area contributed by atoms with Crippen LogP contribution in [-0.4, -0.2) is 57.6 Å². The second-order valence-electron chi connectivity index (χ2n) is 6.97. The quantitative estimate of drug-likeness (QED) is 0.561. The van der Waals surface area contributed by atoms with Gasteiger partial charge < -0.3 is 18.9 Å². The van der Waals surface area contributed by atoms with Gasteiger partial charge in [-0.25, -0.2) is 4.98 Å². The van der Waals surface area contributed by atoms with Crippen molar-refractivity contribution in [3.8, 4) is 5.88 Å². The van der Waals surface area contributed by atoms with Gasteiger partial charge in [0, 0.05) is 44.9 Å². The van der Waals surface area contributed by atoms with Crippen molar-refractivity contribution in [2.24, 2.45) is 0 Å². The van der Waals surface area contributed by atoms with Gasteiger partial charge in [-0.1, -0.05) is 11.2 Å². The molecule has 9 nitrogen and oxygen atoms in total. The van der Waals surface area contributed by atoms with Crippen molar-refractivity contribution in [2.45, 2.75) is 26.4 Å². The fraction of sp³-hybridized carbons (Fsp3) is 0.400. The molecule has 0 N–H and O–H groups in total. The summed E-state index contributed by atoms with van der Waals surface area (Å²) in [5.41, 5.74) is 3.34. The van der Waals surface area contributed by atoms with E-state index in [0.29, 0.717) is 56.6 Å². The molecule has 4 rings (SSSR count). The smallest absolute Gasteiger partial charge is 0.276 e. The number of pyridine rings is 1. The van der Waals surface area contributed by atoms with E-state index in [9.17, 15) is 4.79 Å². The van der Waals surface area contributed by atoms with Crippen LogP contribution in [0, 0.1) is 6.92 Å². The first-order chi connectivity index (χ1) is 14.1. The van der Waals surface area contributed by atoms with Gasteiger partial charge in [-0.05, 0) is 18.1 Å². The van der Waals surface area contributed by atoms with Crippen LogP contribution in [0.5, 0.6) is 5.88 Å². The van der Waals surface area contributed by atoms with Gasteiger partial charge in [0.15, 0.2) is 11.5 Å². The zero-order valence-corrected chi connectivity index (χ0v) is 16.5. The molecule has 0 saturated heterocycles. The Morgan fingerprint density at radius 3 is 3.00 bits per heavy atom. The molecule has 3 aromatic heterocycles. The Kier molecular flexibility index (Phi) is 5.57. The summed E-state index contributed by atoms with van der Waals surface area (Å²) < 4.78 is 17.6. The predicted octanol–water partition coefficient (Wildman–Crippen LogP) is 1.85. The largest absolute Gasteiger partial charge is 0.475 e. The number of carbonyl (C=O) groups excluding carboxylic acids is 1. The Morgan fingerprint density at radius 2 is 2.21 bits per heavy atom. The van der Waals surface area contributed by atoms with Crippen LogP contribution in [0.15, 0.2) is 35.1 Å². The second-order valence-corrected chi connectivity index (χ2v) is 6.97. The Bertz CT molecular complexity index is 996. The molecule has 0 bridgehead atoms. The minimum Gasteiger partial charge on any atom is -0.475 e. The van der Waals surface area contributed by atoms with E-state index in [4.69, 9.17) is 14.0 Å². The molecule has 0 aromatic carbocycles. The van der Waals surface area contributed by atoms with Crippen molar-refractivity contribution < 1.29 is 18.8 Å². The van der Waals surface area contributed by atoms with Crippen LogP contribution in [0.1, 0.15) is 33.1 Å². The predicted molar refractivity (Wildman–Crippen MR) is 103 cm³/mol. The first kappa shape index (κ1) is 19.1. The first-order valence-corrected chi connectivity index (χ1v) is 9.47. The molecule has 152 valence electrons. The number of methoxy groups -OCH3 is 1. The van der Waals surface area contributed by atoms with Gasteiger partial charge in [-0.3, -0.25) is 9.48 Å². The molecule has 0 radical (unpaired) electrons. The molecule has 0 atom stereocenters. The van der Waals surface area contributed by atoms with Crippen molar-refractivity contribution in [3.63, 3.8) is 0 Å². The average molecular weight is 397 g/mol. The maximum atomic E-state index is 12.8. The van der Waals surface area contributed by atoms with E-state index >= 15 is 0 Å². The third kappa shape index (κ3) is 4.45. The van der Waals surface area contributed by atoms with Crippen LogP contribution in [0.3, 0.4) is 0 Å². The SMILES string of the molecule is COCCOc1ccc2c(n1)CCN(C(=O)c1cc(Cn3cc(C)cn3)on1)C2. The van der Waals surface area contributed by atoms with Crippen LogP contribution >= 0.6 is 0 Å². The molecule has 4 heterocycles. The number of amides is 1. The van der Waals surface area contributed by atoms with Gasteiger partial charge in [0.05, 0.1) is 18.5 Å². The van der Waals surface area contributed by atoms with E-state index in [1.807, 2.05) is 25.3 Å². The minimum atomic E-state index is -0.150. The Hall–Kier alpha value is -3.20. The van der Waals surface area contributed by atoms with E-state index in [-0.39, 0.29) is 5.91 Å². The highest BCUT2D eigenvalue weighted by atomic mass is 16.5. The molecule has 29 heavy (non-hydrogen) atoms. The molecule has 3 aromatic rings. The maximum absolute atomic E-state index is 12.8. The van der Waals surface area contributed by atoms with Crippen molar-refractivity contribution in [2.75, 3.05) is 26.9 Å². The Labute approximate surface area is 168 Å². The lowest BCUT2D eigenvalue weighted by Gasteiger charge is -2.27. The van der Waals surface area contributed by atoms with E-state index in [1.54, 1.807) is 29.0 Å². The highest BCUT2D eigenvalue weighted by Crippen LogP contribution is 2.22. The number of nitrogens with zero attached hydrogens (tertiary/aromatic N) is 5. The number of ether oxygens (including phenoxy) is 2. The number of aromatic nitrogens is 4. The zero-order valence-electron chi connectivity index (χ0n) is 16.5. The van der Waals surface area contributed by atoms with Gasteiger partial charge in [-0.2, -0.15) is 5.10 Å². The molecular formula is C20H23N5O4. The molecule has 0 fully saturated rings. The fourth-order valence-electron chi connectivity index (χ4n) is 3.24. The maximum Gasteiger partial charge on any atom is 0.276 e. The van der Waals surface area contributed by atoms with Crippen molar-refractivity contribution in [1.82, 2.24) is 24.8 Å². The van der Waals surface area contributed by atoms with Crippen LogP contribution in [0.2, 0.25) is 0 Å². The van der Waals surface area contributed by atoms with E-state index in [2.05, 4.69) is 15.2 Å². The molecule has 0 aliphatic carbocycles. The highest BCUT2D eigenvalue weighted by Gasteiger charge is 2.25. The third-order valence-corrected chi connectivity index (χ3v) is 4.71. The molecule has 0 unspecified atom stereocenters. The summed E-state index contributed by atoms with van der Waals surface area (Å²) in [5.74, 6) is 1.02. The third-order valence-electron chi connectivity index (χ3n) is 4.71. The number of hydrogen-bond acceptors (Lipinski definition) is 7. The standard InChI is InChI=1S/C20H23N5O4/c1-14-10-21-25(11-14)13-16-9-18(23-29-16)20(26)24-6-5-17-15(12-24)3-4-19(22-17)28-8-7-27-2/h3-4,9-11H,5-8,12-13H2,1-2H3. The van der Waals surface area contributed by atoms with Crippen LogP contribution < -0.4 is 4.74 Å². The molecule has 0 spiro atoms. The zero-order chi connectivity index (χ0) is 20.2. The monoisotopic (exact) mass is 397 g/mol. The summed E-state index contributed by atoms with van der Waals surface area (Å²) in [6, 6.07) is 5.46. The second kappa shape index (κ2) is 8.44. The number of carbonyl (C=O) groups is 1. The summed E-state index contributed by atoms with van der Waals surface area (Å²) in [5, 5.41) is 8.17. The molecule has 1 amide bonds. The minimum absolute atomic E-state index is 0.150. The van der Waals surface area contributed by atoms with Crippen molar-refractivity contribution in [1.29, 1.82) is 0 Å².